The summed E-state index contributed by atoms with van der Waals surface area (Å²) >= 11 is 0. The molecule has 1 N–H and O–H groups in total. The Morgan fingerprint density at radius 2 is 2.17 bits per heavy atom. The van der Waals surface area contributed by atoms with Crippen molar-refractivity contribution in [1.29, 1.82) is 0 Å². The normalized spacial score (nSPS) is 21.1. The lowest BCUT2D eigenvalue weighted by atomic mass is 10.1. The second-order valence-corrected chi connectivity index (χ2v) is 4.88. The van der Waals surface area contributed by atoms with Crippen LogP contribution in [0, 0.1) is 6.92 Å². The van der Waals surface area contributed by atoms with Crippen molar-refractivity contribution in [3.8, 4) is 0 Å². The molecule has 0 spiro atoms. The number of carbonyl (C=O) groups is 1. The fourth-order valence-electron chi connectivity index (χ4n) is 2.21. The summed E-state index contributed by atoms with van der Waals surface area (Å²) in [5.74, 6) is -0.0456. The lowest BCUT2D eigenvalue weighted by Gasteiger charge is -2.38. The topological polar surface area (TPSA) is 56.7 Å². The number of hydrogen-bond acceptors (Lipinski definition) is 4. The van der Waals surface area contributed by atoms with Crippen molar-refractivity contribution in [3.05, 3.63) is 23.4 Å². The van der Waals surface area contributed by atoms with Gasteiger partial charge >= 0.3 is 5.97 Å². The van der Waals surface area contributed by atoms with E-state index in [1.165, 1.54) is 0 Å². The molecule has 1 aliphatic heterocycles. The van der Waals surface area contributed by atoms with Crippen LogP contribution in [0.3, 0.4) is 0 Å². The van der Waals surface area contributed by atoms with E-state index in [0.717, 1.165) is 25.5 Å². The van der Waals surface area contributed by atoms with Crippen molar-refractivity contribution in [2.45, 2.75) is 19.9 Å². The fourth-order valence-corrected chi connectivity index (χ4v) is 2.21. The number of pyridine rings is 1. The monoisotopic (exact) mass is 249 g/mol. The highest BCUT2D eigenvalue weighted by Gasteiger charge is 2.22. The summed E-state index contributed by atoms with van der Waals surface area (Å²) in [4.78, 5) is 19.9. The molecule has 0 aliphatic carbocycles. The molecular weight excluding hydrogens is 230 g/mol. The Balaban J connectivity index is 2.19. The molecule has 1 aliphatic rings. The molecular formula is C13H19N3O2. The van der Waals surface area contributed by atoms with Crippen molar-refractivity contribution in [2.75, 3.05) is 31.6 Å². The van der Waals surface area contributed by atoms with Gasteiger partial charge in [-0.25, -0.2) is 9.78 Å². The summed E-state index contributed by atoms with van der Waals surface area (Å²) in [5.41, 5.74) is 0.854. The van der Waals surface area contributed by atoms with E-state index in [1.807, 2.05) is 0 Å². The second kappa shape index (κ2) is 4.94. The highest BCUT2D eigenvalue weighted by molar-refractivity contribution is 5.89. The van der Waals surface area contributed by atoms with Gasteiger partial charge in [0.15, 0.2) is 0 Å². The number of rotatable bonds is 2. The first kappa shape index (κ1) is 12.8. The predicted octanol–water partition coefficient (Wildman–Crippen LogP) is 1.23. The number of nitrogens with zero attached hydrogens (tertiary/aromatic N) is 3. The molecule has 1 atom stereocenters. The maximum Gasteiger partial charge on any atom is 0.337 e. The van der Waals surface area contributed by atoms with E-state index in [4.69, 9.17) is 5.11 Å². The zero-order chi connectivity index (χ0) is 13.3. The van der Waals surface area contributed by atoms with Crippen LogP contribution in [-0.2, 0) is 0 Å². The molecule has 1 aromatic rings. The highest BCUT2D eigenvalue weighted by Crippen LogP contribution is 2.18. The third kappa shape index (κ3) is 2.46. The van der Waals surface area contributed by atoms with Gasteiger partial charge in [-0.05, 0) is 33.0 Å². The summed E-state index contributed by atoms with van der Waals surface area (Å²) in [6.45, 7) is 6.79. The van der Waals surface area contributed by atoms with Crippen molar-refractivity contribution in [2.24, 2.45) is 0 Å². The van der Waals surface area contributed by atoms with Crippen molar-refractivity contribution < 1.29 is 9.90 Å². The number of anilines is 1. The first-order valence-electron chi connectivity index (χ1n) is 6.15. The molecule has 0 saturated carbocycles. The van der Waals surface area contributed by atoms with Gasteiger partial charge in [-0.2, -0.15) is 0 Å². The quantitative estimate of drug-likeness (QED) is 0.854. The number of carboxylic acids is 1. The van der Waals surface area contributed by atoms with Gasteiger partial charge in [0.25, 0.3) is 0 Å². The van der Waals surface area contributed by atoms with Gasteiger partial charge in [0.2, 0.25) is 0 Å². The van der Waals surface area contributed by atoms with Crippen LogP contribution >= 0.6 is 0 Å². The third-order valence-electron chi connectivity index (χ3n) is 3.59. The molecule has 0 amide bonds. The van der Waals surface area contributed by atoms with E-state index in [1.54, 1.807) is 19.1 Å². The molecule has 2 heterocycles. The van der Waals surface area contributed by atoms with Gasteiger partial charge in [-0.3, -0.25) is 0 Å². The molecule has 1 unspecified atom stereocenters. The van der Waals surface area contributed by atoms with E-state index in [2.05, 4.69) is 28.8 Å². The van der Waals surface area contributed by atoms with Gasteiger partial charge in [-0.1, -0.05) is 0 Å². The predicted molar refractivity (Wildman–Crippen MR) is 70.2 cm³/mol. The first-order valence-corrected chi connectivity index (χ1v) is 6.15. The van der Waals surface area contributed by atoms with Crippen LogP contribution in [0.5, 0.6) is 0 Å². The zero-order valence-corrected chi connectivity index (χ0v) is 11.1. The molecule has 0 aromatic carbocycles. The van der Waals surface area contributed by atoms with E-state index >= 15 is 0 Å². The molecule has 0 bridgehead atoms. The van der Waals surface area contributed by atoms with Crippen LogP contribution in [-0.4, -0.2) is 53.7 Å². The van der Waals surface area contributed by atoms with Crippen LogP contribution in [0.25, 0.3) is 0 Å². The molecule has 1 aromatic heterocycles. The summed E-state index contributed by atoms with van der Waals surface area (Å²) in [7, 11) is 2.12. The number of carboxylic acid groups (broad SMARTS) is 1. The van der Waals surface area contributed by atoms with Gasteiger partial charge < -0.3 is 14.9 Å². The highest BCUT2D eigenvalue weighted by atomic mass is 16.4. The lowest BCUT2D eigenvalue weighted by molar-refractivity contribution is 0.0695. The molecule has 5 heteroatoms. The lowest BCUT2D eigenvalue weighted by Crippen LogP contribution is -2.50. The summed E-state index contributed by atoms with van der Waals surface area (Å²) in [6, 6.07) is 3.93. The van der Waals surface area contributed by atoms with Crippen molar-refractivity contribution >= 4 is 11.8 Å². The maximum absolute atomic E-state index is 10.9. The van der Waals surface area contributed by atoms with Crippen LogP contribution in [0.2, 0.25) is 0 Å². The summed E-state index contributed by atoms with van der Waals surface area (Å²) < 4.78 is 0. The van der Waals surface area contributed by atoms with Gasteiger partial charge in [-0.15, -0.1) is 0 Å². The first-order chi connectivity index (χ1) is 8.49. The van der Waals surface area contributed by atoms with Gasteiger partial charge in [0, 0.05) is 25.7 Å². The average Bonchev–Trinajstić information content (AvgIpc) is 2.32. The number of aromatic nitrogens is 1. The van der Waals surface area contributed by atoms with Gasteiger partial charge in [0.05, 0.1) is 11.3 Å². The number of likely N-dealkylation sites (N-methyl/N-ethyl adjacent to an activating group) is 1. The van der Waals surface area contributed by atoms with Crippen LogP contribution in [0.4, 0.5) is 5.82 Å². The Morgan fingerprint density at radius 3 is 2.72 bits per heavy atom. The second-order valence-electron chi connectivity index (χ2n) is 4.88. The standard InChI is InChI=1S/C13H19N3O2/c1-9-8-16(7-6-15(9)3)12-5-4-11(13(17)18)10(2)14-12/h4-5,9H,6-8H2,1-3H3,(H,17,18). The average molecular weight is 249 g/mol. The summed E-state index contributed by atoms with van der Waals surface area (Å²) in [6.07, 6.45) is 0. The number of aryl methyl sites for hydroxylation is 1. The fraction of sp³-hybridized carbons (Fsp3) is 0.538. The van der Waals surface area contributed by atoms with Crippen LogP contribution in [0.1, 0.15) is 23.0 Å². The third-order valence-corrected chi connectivity index (χ3v) is 3.59. The molecule has 18 heavy (non-hydrogen) atoms. The molecule has 0 radical (unpaired) electrons. The van der Waals surface area contributed by atoms with E-state index in [9.17, 15) is 4.79 Å². The maximum atomic E-state index is 10.9. The van der Waals surface area contributed by atoms with Crippen LogP contribution in [0.15, 0.2) is 12.1 Å². The minimum atomic E-state index is -0.918. The minimum absolute atomic E-state index is 0.279. The van der Waals surface area contributed by atoms with E-state index in [0.29, 0.717) is 11.7 Å². The number of hydrogen-bond donors (Lipinski definition) is 1. The van der Waals surface area contributed by atoms with Crippen LogP contribution < -0.4 is 4.90 Å². The SMILES string of the molecule is Cc1nc(N2CCN(C)C(C)C2)ccc1C(=O)O. The Kier molecular flexibility index (Phi) is 3.52. The van der Waals surface area contributed by atoms with Crippen molar-refractivity contribution in [1.82, 2.24) is 9.88 Å². The molecule has 5 nitrogen and oxygen atoms in total. The number of aromatic carboxylic acids is 1. The Labute approximate surface area is 107 Å². The Morgan fingerprint density at radius 1 is 1.44 bits per heavy atom. The largest absolute Gasteiger partial charge is 0.478 e. The zero-order valence-electron chi connectivity index (χ0n) is 11.1. The van der Waals surface area contributed by atoms with Gasteiger partial charge in [0.1, 0.15) is 5.82 Å². The van der Waals surface area contributed by atoms with Crippen molar-refractivity contribution in [3.63, 3.8) is 0 Å². The van der Waals surface area contributed by atoms with E-state index in [-0.39, 0.29) is 5.56 Å². The molecule has 1 fully saturated rings. The number of piperazine rings is 1. The molecule has 1 saturated heterocycles. The van der Waals surface area contributed by atoms with E-state index < -0.39 is 5.97 Å². The molecule has 2 rings (SSSR count). The Bertz CT molecular complexity index is 462. The summed E-state index contributed by atoms with van der Waals surface area (Å²) in [5, 5.41) is 8.98. The smallest absolute Gasteiger partial charge is 0.337 e. The Hall–Kier alpha value is -1.62. The minimum Gasteiger partial charge on any atom is -0.478 e. The molecule has 98 valence electrons.